The van der Waals surface area contributed by atoms with Crippen LogP contribution in [0.4, 0.5) is 0 Å². The summed E-state index contributed by atoms with van der Waals surface area (Å²) in [6.07, 6.45) is 1.89. The Morgan fingerprint density at radius 1 is 0.800 bits per heavy atom. The number of carbonyl (C=O) groups is 1. The van der Waals surface area contributed by atoms with E-state index >= 15 is 0 Å². The number of H-pyrrole nitrogens is 1. The van der Waals surface area contributed by atoms with Crippen LogP contribution in [0, 0.1) is 0 Å². The summed E-state index contributed by atoms with van der Waals surface area (Å²) in [4.78, 5) is 15.2. The summed E-state index contributed by atoms with van der Waals surface area (Å²) < 4.78 is 0. The summed E-state index contributed by atoms with van der Waals surface area (Å²) in [6, 6.07) is 24.8. The molecular weight excluding hydrogens is 306 g/mol. The summed E-state index contributed by atoms with van der Waals surface area (Å²) in [5.74, 6) is 0. The number of aldehydes is 1. The Labute approximate surface area is 147 Å². The van der Waals surface area contributed by atoms with Crippen molar-refractivity contribution in [1.29, 1.82) is 0 Å². The number of rotatable bonds is 4. The highest BCUT2D eigenvalue weighted by atomic mass is 16.1. The fraction of sp³-hybridized carbons (Fsp3) is 0.0870. The van der Waals surface area contributed by atoms with Crippen molar-refractivity contribution in [2.24, 2.45) is 0 Å². The van der Waals surface area contributed by atoms with E-state index < -0.39 is 0 Å². The maximum atomic E-state index is 11.7. The number of hydrogen-bond acceptors (Lipinski definition) is 1. The SMILES string of the molecule is CCc1cccc2c(C=O)c(-c3ccc(-c4ccccc4)cc3)[nH]c12. The second-order valence-electron chi connectivity index (χ2n) is 6.17. The zero-order valence-electron chi connectivity index (χ0n) is 14.1. The van der Waals surface area contributed by atoms with E-state index in [2.05, 4.69) is 54.4 Å². The number of benzene rings is 3. The first-order valence-electron chi connectivity index (χ1n) is 8.56. The molecule has 0 bridgehead atoms. The molecule has 2 heteroatoms. The van der Waals surface area contributed by atoms with Gasteiger partial charge in [-0.2, -0.15) is 0 Å². The van der Waals surface area contributed by atoms with Crippen molar-refractivity contribution in [2.75, 3.05) is 0 Å². The van der Waals surface area contributed by atoms with Gasteiger partial charge in [-0.15, -0.1) is 0 Å². The molecule has 0 fully saturated rings. The van der Waals surface area contributed by atoms with E-state index in [0.717, 1.165) is 40.4 Å². The Kier molecular flexibility index (Phi) is 3.95. The molecule has 122 valence electrons. The summed E-state index contributed by atoms with van der Waals surface area (Å²) in [7, 11) is 0. The van der Waals surface area contributed by atoms with Gasteiger partial charge in [0.2, 0.25) is 0 Å². The average molecular weight is 325 g/mol. The summed E-state index contributed by atoms with van der Waals surface area (Å²) >= 11 is 0. The molecule has 4 aromatic rings. The molecule has 2 nitrogen and oxygen atoms in total. The van der Waals surface area contributed by atoms with Gasteiger partial charge in [0.05, 0.1) is 5.69 Å². The van der Waals surface area contributed by atoms with Gasteiger partial charge in [-0.3, -0.25) is 4.79 Å². The maximum absolute atomic E-state index is 11.7. The van der Waals surface area contributed by atoms with Crippen molar-refractivity contribution in [3.8, 4) is 22.4 Å². The van der Waals surface area contributed by atoms with Gasteiger partial charge >= 0.3 is 0 Å². The lowest BCUT2D eigenvalue weighted by Crippen LogP contribution is -1.85. The van der Waals surface area contributed by atoms with Crippen molar-refractivity contribution >= 4 is 17.2 Å². The molecule has 0 atom stereocenters. The quantitative estimate of drug-likeness (QED) is 0.467. The van der Waals surface area contributed by atoms with Crippen LogP contribution in [0.15, 0.2) is 72.8 Å². The Hall–Kier alpha value is -3.13. The molecule has 0 unspecified atom stereocenters. The summed E-state index contributed by atoms with van der Waals surface area (Å²) in [5.41, 5.74) is 7.31. The highest BCUT2D eigenvalue weighted by Gasteiger charge is 2.14. The maximum Gasteiger partial charge on any atom is 0.152 e. The monoisotopic (exact) mass is 325 g/mol. The van der Waals surface area contributed by atoms with Crippen LogP contribution in [-0.2, 0) is 6.42 Å². The summed E-state index contributed by atoms with van der Waals surface area (Å²) in [5, 5.41) is 0.997. The third-order valence-corrected chi connectivity index (χ3v) is 4.74. The van der Waals surface area contributed by atoms with Crippen LogP contribution in [0.3, 0.4) is 0 Å². The molecule has 25 heavy (non-hydrogen) atoms. The highest BCUT2D eigenvalue weighted by Crippen LogP contribution is 2.32. The first-order valence-corrected chi connectivity index (χ1v) is 8.56. The van der Waals surface area contributed by atoms with Crippen LogP contribution in [0.1, 0.15) is 22.8 Å². The van der Waals surface area contributed by atoms with Crippen LogP contribution in [0.25, 0.3) is 33.3 Å². The number of carbonyl (C=O) groups excluding carboxylic acids is 1. The third kappa shape index (κ3) is 2.66. The van der Waals surface area contributed by atoms with Gasteiger partial charge in [-0.25, -0.2) is 0 Å². The molecule has 0 aliphatic rings. The van der Waals surface area contributed by atoms with Crippen LogP contribution in [0.5, 0.6) is 0 Å². The third-order valence-electron chi connectivity index (χ3n) is 4.74. The number of aromatic amines is 1. The van der Waals surface area contributed by atoms with Gasteiger partial charge in [0.15, 0.2) is 6.29 Å². The van der Waals surface area contributed by atoms with Crippen molar-refractivity contribution < 1.29 is 4.79 Å². The zero-order valence-corrected chi connectivity index (χ0v) is 14.1. The summed E-state index contributed by atoms with van der Waals surface area (Å²) in [6.45, 7) is 2.13. The predicted molar refractivity (Wildman–Crippen MR) is 104 cm³/mol. The van der Waals surface area contributed by atoms with Gasteiger partial charge in [-0.1, -0.05) is 79.7 Å². The highest BCUT2D eigenvalue weighted by molar-refractivity contribution is 6.05. The smallest absolute Gasteiger partial charge is 0.152 e. The minimum absolute atomic E-state index is 0.734. The van der Waals surface area contributed by atoms with E-state index in [0.29, 0.717) is 0 Å². The molecule has 1 N–H and O–H groups in total. The number of hydrogen-bond donors (Lipinski definition) is 1. The van der Waals surface area contributed by atoms with Gasteiger partial charge in [0.25, 0.3) is 0 Å². The molecule has 1 heterocycles. The second-order valence-corrected chi connectivity index (χ2v) is 6.17. The number of aromatic nitrogens is 1. The number of fused-ring (bicyclic) bond motifs is 1. The van der Waals surface area contributed by atoms with Crippen molar-refractivity contribution in [3.63, 3.8) is 0 Å². The molecule has 0 aliphatic heterocycles. The van der Waals surface area contributed by atoms with E-state index in [1.807, 2.05) is 30.3 Å². The molecule has 0 radical (unpaired) electrons. The molecule has 0 spiro atoms. The van der Waals surface area contributed by atoms with Crippen LogP contribution in [-0.4, -0.2) is 11.3 Å². The minimum Gasteiger partial charge on any atom is -0.354 e. The first-order chi connectivity index (χ1) is 12.3. The van der Waals surface area contributed by atoms with E-state index in [1.165, 1.54) is 16.7 Å². The van der Waals surface area contributed by atoms with Crippen molar-refractivity contribution in [1.82, 2.24) is 4.98 Å². The lowest BCUT2D eigenvalue weighted by Gasteiger charge is -2.04. The fourth-order valence-electron chi connectivity index (χ4n) is 3.40. The Bertz CT molecular complexity index is 1030. The first kappa shape index (κ1) is 15.4. The largest absolute Gasteiger partial charge is 0.354 e. The minimum atomic E-state index is 0.734. The molecule has 0 amide bonds. The fourth-order valence-corrected chi connectivity index (χ4v) is 3.40. The number of aryl methyl sites for hydroxylation is 1. The molecular formula is C23H19NO. The molecule has 0 saturated heterocycles. The Morgan fingerprint density at radius 2 is 1.48 bits per heavy atom. The van der Waals surface area contributed by atoms with E-state index in [9.17, 15) is 4.79 Å². The molecule has 0 saturated carbocycles. The lowest BCUT2D eigenvalue weighted by atomic mass is 10.0. The van der Waals surface area contributed by atoms with Gasteiger partial charge in [0, 0.05) is 16.5 Å². The van der Waals surface area contributed by atoms with Crippen LogP contribution in [0.2, 0.25) is 0 Å². The van der Waals surface area contributed by atoms with Gasteiger partial charge < -0.3 is 4.98 Å². The molecule has 0 aliphatic carbocycles. The van der Waals surface area contributed by atoms with Gasteiger partial charge in [-0.05, 0) is 28.7 Å². The van der Waals surface area contributed by atoms with Crippen LogP contribution >= 0.6 is 0 Å². The van der Waals surface area contributed by atoms with E-state index in [1.54, 1.807) is 0 Å². The number of nitrogens with one attached hydrogen (secondary N) is 1. The zero-order chi connectivity index (χ0) is 17.2. The predicted octanol–water partition coefficient (Wildman–Crippen LogP) is 5.88. The average Bonchev–Trinajstić information content (AvgIpc) is 3.07. The van der Waals surface area contributed by atoms with Crippen molar-refractivity contribution in [2.45, 2.75) is 13.3 Å². The Morgan fingerprint density at radius 3 is 2.16 bits per heavy atom. The second kappa shape index (κ2) is 6.40. The Balaban J connectivity index is 1.83. The van der Waals surface area contributed by atoms with E-state index in [-0.39, 0.29) is 0 Å². The van der Waals surface area contributed by atoms with E-state index in [4.69, 9.17) is 0 Å². The normalized spacial score (nSPS) is 10.9. The molecule has 4 rings (SSSR count). The molecule has 3 aromatic carbocycles. The number of para-hydroxylation sites is 1. The van der Waals surface area contributed by atoms with Crippen molar-refractivity contribution in [3.05, 3.63) is 83.9 Å². The van der Waals surface area contributed by atoms with Gasteiger partial charge in [0.1, 0.15) is 0 Å². The lowest BCUT2D eigenvalue weighted by molar-refractivity contribution is 0.112. The van der Waals surface area contributed by atoms with Crippen LogP contribution < -0.4 is 0 Å². The standard InChI is InChI=1S/C23H19NO/c1-2-16-9-6-10-20-21(15-25)23(24-22(16)20)19-13-11-18(12-14-19)17-7-4-3-5-8-17/h3-15,24H,2H2,1H3. The molecule has 1 aromatic heterocycles. The topological polar surface area (TPSA) is 32.9 Å².